The molecule has 1 saturated heterocycles. The average Bonchev–Trinajstić information content (AvgIpc) is 3.05. The van der Waals surface area contributed by atoms with Gasteiger partial charge >= 0.3 is 0 Å². The molecule has 0 aliphatic carbocycles. The smallest absolute Gasteiger partial charge is 0.262 e. The lowest BCUT2D eigenvalue weighted by Crippen LogP contribution is -2.42. The van der Waals surface area contributed by atoms with E-state index in [2.05, 4.69) is 10.3 Å². The lowest BCUT2D eigenvalue weighted by Gasteiger charge is -2.32. The van der Waals surface area contributed by atoms with Gasteiger partial charge in [-0.15, -0.1) is 23.1 Å². The molecule has 22 heavy (non-hydrogen) atoms. The monoisotopic (exact) mass is 334 g/mol. The number of thioether (sulfide) groups is 1. The van der Waals surface area contributed by atoms with E-state index in [1.165, 1.54) is 11.3 Å². The van der Waals surface area contributed by atoms with Crippen LogP contribution >= 0.6 is 23.1 Å². The number of hydrogen-bond acceptors (Lipinski definition) is 5. The first kappa shape index (κ1) is 15.5. The summed E-state index contributed by atoms with van der Waals surface area (Å²) in [4.78, 5) is 18.4. The summed E-state index contributed by atoms with van der Waals surface area (Å²) in [5.74, 6) is -0.00564. The Balaban J connectivity index is 1.76. The molecule has 0 unspecified atom stereocenters. The van der Waals surface area contributed by atoms with Crippen molar-refractivity contribution in [3.05, 3.63) is 46.4 Å². The second-order valence-electron chi connectivity index (χ2n) is 5.11. The zero-order valence-corrected chi connectivity index (χ0v) is 14.0. The number of rotatable bonds is 4. The van der Waals surface area contributed by atoms with Crippen LogP contribution in [-0.2, 0) is 4.74 Å². The number of ether oxygens (including phenoxy) is 1. The molecule has 2 aromatic rings. The molecule has 0 radical (unpaired) electrons. The van der Waals surface area contributed by atoms with Crippen LogP contribution in [0, 0.1) is 0 Å². The van der Waals surface area contributed by atoms with Crippen LogP contribution in [0.5, 0.6) is 0 Å². The van der Waals surface area contributed by atoms with E-state index in [1.807, 2.05) is 29.8 Å². The van der Waals surface area contributed by atoms with Crippen molar-refractivity contribution in [2.75, 3.05) is 12.9 Å². The highest BCUT2D eigenvalue weighted by Gasteiger charge is 2.29. The number of hydrogen-bond donors (Lipinski definition) is 1. The van der Waals surface area contributed by atoms with Crippen LogP contribution in [0.25, 0.3) is 0 Å². The molecule has 116 valence electrons. The van der Waals surface area contributed by atoms with E-state index < -0.39 is 0 Å². The maximum Gasteiger partial charge on any atom is 0.262 e. The Hall–Kier alpha value is -1.37. The minimum atomic E-state index is -0.0987. The second kappa shape index (κ2) is 7.26. The predicted molar refractivity (Wildman–Crippen MR) is 89.5 cm³/mol. The second-order valence-corrected chi connectivity index (χ2v) is 6.88. The fourth-order valence-corrected chi connectivity index (χ4v) is 4.32. The van der Waals surface area contributed by atoms with Crippen molar-refractivity contribution in [1.82, 2.24) is 10.3 Å². The minimum absolute atomic E-state index is 0.000422. The van der Waals surface area contributed by atoms with Crippen LogP contribution in [0.4, 0.5) is 0 Å². The quantitative estimate of drug-likeness (QED) is 0.869. The summed E-state index contributed by atoms with van der Waals surface area (Å²) in [7, 11) is 0. The molecule has 4 nitrogen and oxygen atoms in total. The molecule has 0 bridgehead atoms. The fraction of sp³-hybridized carbons (Fsp3) is 0.375. The van der Waals surface area contributed by atoms with Crippen molar-refractivity contribution in [2.45, 2.75) is 29.9 Å². The summed E-state index contributed by atoms with van der Waals surface area (Å²) in [5.41, 5.74) is 1.07. The molecular formula is C16H18N2O2S2. The first-order valence-corrected chi connectivity index (χ1v) is 9.34. The Bertz CT molecular complexity index is 630. The highest BCUT2D eigenvalue weighted by molar-refractivity contribution is 7.98. The first-order valence-electron chi connectivity index (χ1n) is 7.23. The zero-order chi connectivity index (χ0) is 15.4. The number of amides is 1. The van der Waals surface area contributed by atoms with E-state index in [0.717, 1.165) is 34.8 Å². The Kier molecular flexibility index (Phi) is 5.12. The molecule has 3 heterocycles. The van der Waals surface area contributed by atoms with Gasteiger partial charge in [0.2, 0.25) is 0 Å². The molecule has 1 aliphatic rings. The van der Waals surface area contributed by atoms with Crippen molar-refractivity contribution < 1.29 is 9.53 Å². The van der Waals surface area contributed by atoms with Gasteiger partial charge in [0, 0.05) is 23.9 Å². The normalized spacial score (nSPS) is 21.5. The van der Waals surface area contributed by atoms with Gasteiger partial charge in [0.25, 0.3) is 5.91 Å². The van der Waals surface area contributed by atoms with E-state index in [-0.39, 0.29) is 18.1 Å². The summed E-state index contributed by atoms with van der Waals surface area (Å²) >= 11 is 3.08. The van der Waals surface area contributed by atoms with Crippen LogP contribution in [0.1, 0.15) is 34.2 Å². The first-order chi connectivity index (χ1) is 10.8. The number of nitrogens with one attached hydrogen (secondary N) is 1. The predicted octanol–water partition coefficient (Wildman–Crippen LogP) is 3.52. The molecule has 3 rings (SSSR count). The third-order valence-corrected chi connectivity index (χ3v) is 5.55. The molecular weight excluding hydrogens is 316 g/mol. The Morgan fingerprint density at radius 3 is 3.00 bits per heavy atom. The summed E-state index contributed by atoms with van der Waals surface area (Å²) < 4.78 is 5.91. The molecule has 1 fully saturated rings. The van der Waals surface area contributed by atoms with E-state index in [0.29, 0.717) is 0 Å². The van der Waals surface area contributed by atoms with Gasteiger partial charge in [-0.2, -0.15) is 0 Å². The number of thiophene rings is 1. The molecule has 0 spiro atoms. The molecule has 2 atom stereocenters. The molecule has 0 saturated carbocycles. The summed E-state index contributed by atoms with van der Waals surface area (Å²) in [6.45, 7) is 0.731. The van der Waals surface area contributed by atoms with Crippen molar-refractivity contribution in [2.24, 2.45) is 0 Å². The maximum atomic E-state index is 12.5. The molecule has 6 heteroatoms. The SMILES string of the molecule is CSc1ccsc1C(=O)N[C@H]1CCCO[C@@H]1c1ccncc1. The number of carbonyl (C=O) groups is 1. The van der Waals surface area contributed by atoms with Gasteiger partial charge in [0.15, 0.2) is 0 Å². The number of pyridine rings is 1. The van der Waals surface area contributed by atoms with Gasteiger partial charge in [-0.3, -0.25) is 9.78 Å². The molecule has 1 N–H and O–H groups in total. The van der Waals surface area contributed by atoms with Gasteiger partial charge in [-0.1, -0.05) is 0 Å². The van der Waals surface area contributed by atoms with E-state index in [1.54, 1.807) is 24.2 Å². The van der Waals surface area contributed by atoms with Crippen molar-refractivity contribution in [1.29, 1.82) is 0 Å². The highest BCUT2D eigenvalue weighted by Crippen LogP contribution is 2.30. The lowest BCUT2D eigenvalue weighted by molar-refractivity contribution is -0.00948. The zero-order valence-electron chi connectivity index (χ0n) is 12.3. The van der Waals surface area contributed by atoms with Crippen molar-refractivity contribution in [3.63, 3.8) is 0 Å². The maximum absolute atomic E-state index is 12.5. The van der Waals surface area contributed by atoms with Crippen molar-refractivity contribution in [3.8, 4) is 0 Å². The highest BCUT2D eigenvalue weighted by atomic mass is 32.2. The molecule has 1 amide bonds. The summed E-state index contributed by atoms with van der Waals surface area (Å²) in [6.07, 6.45) is 7.31. The standard InChI is InChI=1S/C16H18N2O2S2/c1-21-13-6-10-22-15(13)16(19)18-12-3-2-9-20-14(12)11-4-7-17-8-5-11/h4-8,10,12,14H,2-3,9H2,1H3,(H,18,19)/t12-,14+/m0/s1. The van der Waals surface area contributed by atoms with E-state index in [9.17, 15) is 4.79 Å². The Morgan fingerprint density at radius 1 is 1.41 bits per heavy atom. The summed E-state index contributed by atoms with van der Waals surface area (Å²) in [5, 5.41) is 5.11. The van der Waals surface area contributed by atoms with Gasteiger partial charge in [0.1, 0.15) is 11.0 Å². The van der Waals surface area contributed by atoms with E-state index in [4.69, 9.17) is 4.74 Å². The average molecular weight is 334 g/mol. The van der Waals surface area contributed by atoms with Gasteiger partial charge in [-0.25, -0.2) is 0 Å². The number of aromatic nitrogens is 1. The Labute approximate surface area is 138 Å². The van der Waals surface area contributed by atoms with Gasteiger partial charge in [0.05, 0.1) is 6.04 Å². The van der Waals surface area contributed by atoms with Gasteiger partial charge in [-0.05, 0) is 48.2 Å². The Morgan fingerprint density at radius 2 is 2.23 bits per heavy atom. The number of nitrogens with zero attached hydrogens (tertiary/aromatic N) is 1. The molecule has 2 aromatic heterocycles. The molecule has 1 aliphatic heterocycles. The fourth-order valence-electron chi connectivity index (χ4n) is 2.67. The van der Waals surface area contributed by atoms with Crippen LogP contribution < -0.4 is 5.32 Å². The minimum Gasteiger partial charge on any atom is -0.371 e. The van der Waals surface area contributed by atoms with Crippen LogP contribution in [0.3, 0.4) is 0 Å². The largest absolute Gasteiger partial charge is 0.371 e. The summed E-state index contributed by atoms with van der Waals surface area (Å²) in [6, 6.07) is 5.89. The van der Waals surface area contributed by atoms with Gasteiger partial charge < -0.3 is 10.1 Å². The third-order valence-electron chi connectivity index (χ3n) is 3.73. The van der Waals surface area contributed by atoms with Crippen LogP contribution in [0.15, 0.2) is 40.9 Å². The van der Waals surface area contributed by atoms with Crippen LogP contribution in [-0.4, -0.2) is 29.8 Å². The third kappa shape index (κ3) is 3.34. The topological polar surface area (TPSA) is 51.2 Å². The van der Waals surface area contributed by atoms with Crippen LogP contribution in [0.2, 0.25) is 0 Å². The molecule has 0 aromatic carbocycles. The number of carbonyl (C=O) groups excluding carboxylic acids is 1. The van der Waals surface area contributed by atoms with E-state index >= 15 is 0 Å². The lowest BCUT2D eigenvalue weighted by atomic mass is 9.96. The van der Waals surface area contributed by atoms with Crippen molar-refractivity contribution >= 4 is 29.0 Å².